The first kappa shape index (κ1) is 14.0. The lowest BCUT2D eigenvalue weighted by atomic mass is 10.0. The average Bonchev–Trinajstić information content (AvgIpc) is 2.62. The number of rotatable bonds is 5. The highest BCUT2D eigenvalue weighted by atomic mass is 15.0. The summed E-state index contributed by atoms with van der Waals surface area (Å²) in [4.78, 5) is 4.57. The van der Waals surface area contributed by atoms with Crippen molar-refractivity contribution in [3.63, 3.8) is 0 Å². The van der Waals surface area contributed by atoms with Crippen LogP contribution in [0.2, 0.25) is 0 Å². The molecule has 2 aromatic rings. The van der Waals surface area contributed by atoms with Crippen LogP contribution in [0.25, 0.3) is 11.0 Å². The Morgan fingerprint density at radius 3 is 2.79 bits per heavy atom. The summed E-state index contributed by atoms with van der Waals surface area (Å²) in [6.07, 6.45) is 0.970. The average molecular weight is 260 g/mol. The van der Waals surface area contributed by atoms with E-state index in [1.54, 1.807) is 0 Å². The minimum atomic E-state index is 0.0732. The molecule has 4 heteroatoms. The molecule has 0 saturated carbocycles. The van der Waals surface area contributed by atoms with Crippen molar-refractivity contribution in [2.24, 2.45) is 12.8 Å². The molecule has 0 aliphatic carbocycles. The molecule has 0 unspecified atom stereocenters. The number of nitrogens with one attached hydrogen (secondary N) is 1. The molecule has 0 fully saturated rings. The van der Waals surface area contributed by atoms with Crippen molar-refractivity contribution in [3.05, 3.63) is 29.6 Å². The Balaban J connectivity index is 2.14. The molecule has 0 radical (unpaired) electrons. The third-order valence-electron chi connectivity index (χ3n) is 3.71. The van der Waals surface area contributed by atoms with Gasteiger partial charge in [-0.15, -0.1) is 0 Å². The molecule has 1 aromatic carbocycles. The van der Waals surface area contributed by atoms with Gasteiger partial charge in [0.2, 0.25) is 0 Å². The Kier molecular flexibility index (Phi) is 3.92. The fraction of sp³-hybridized carbons (Fsp3) is 0.533. The Hall–Kier alpha value is -1.39. The smallest absolute Gasteiger partial charge is 0.106 e. The number of aryl methyl sites for hydroxylation is 2. The fourth-order valence-corrected chi connectivity index (χ4v) is 2.27. The molecule has 0 amide bonds. The number of benzene rings is 1. The highest BCUT2D eigenvalue weighted by molar-refractivity contribution is 5.76. The fourth-order valence-electron chi connectivity index (χ4n) is 2.27. The zero-order valence-electron chi connectivity index (χ0n) is 12.3. The first-order valence-electron chi connectivity index (χ1n) is 6.80. The molecule has 0 saturated heterocycles. The number of nitrogens with two attached hydrogens (primary N) is 1. The molecule has 4 nitrogen and oxygen atoms in total. The van der Waals surface area contributed by atoms with E-state index in [0.29, 0.717) is 6.54 Å². The normalized spacial score (nSPS) is 12.3. The Bertz CT molecular complexity index is 569. The lowest BCUT2D eigenvalue weighted by Gasteiger charge is -2.25. The maximum atomic E-state index is 5.62. The molecular weight excluding hydrogens is 236 g/mol. The van der Waals surface area contributed by atoms with Crippen molar-refractivity contribution in [1.29, 1.82) is 0 Å². The number of aromatic nitrogens is 2. The van der Waals surface area contributed by atoms with E-state index in [1.807, 2.05) is 14.0 Å². The monoisotopic (exact) mass is 260 g/mol. The summed E-state index contributed by atoms with van der Waals surface area (Å²) in [5.41, 5.74) is 9.21. The van der Waals surface area contributed by atoms with E-state index >= 15 is 0 Å². The van der Waals surface area contributed by atoms with Crippen molar-refractivity contribution >= 4 is 11.0 Å². The van der Waals surface area contributed by atoms with Gasteiger partial charge >= 0.3 is 0 Å². The molecule has 0 bridgehead atoms. The molecule has 2 rings (SSSR count). The van der Waals surface area contributed by atoms with Crippen LogP contribution in [0.1, 0.15) is 31.7 Å². The third-order valence-corrected chi connectivity index (χ3v) is 3.71. The topological polar surface area (TPSA) is 55.9 Å². The van der Waals surface area contributed by atoms with Crippen LogP contribution < -0.4 is 11.1 Å². The molecule has 3 N–H and O–H groups in total. The van der Waals surface area contributed by atoms with Gasteiger partial charge in [0.15, 0.2) is 0 Å². The van der Waals surface area contributed by atoms with Gasteiger partial charge in [-0.25, -0.2) is 4.98 Å². The second-order valence-corrected chi connectivity index (χ2v) is 5.82. The van der Waals surface area contributed by atoms with Crippen LogP contribution in [-0.2, 0) is 13.6 Å². The van der Waals surface area contributed by atoms with E-state index in [0.717, 1.165) is 24.3 Å². The summed E-state index contributed by atoms with van der Waals surface area (Å²) >= 11 is 0. The summed E-state index contributed by atoms with van der Waals surface area (Å²) in [6, 6.07) is 6.46. The predicted octanol–water partition coefficient (Wildman–Crippen LogP) is 2.10. The first-order chi connectivity index (χ1) is 8.93. The molecule has 1 aromatic heterocycles. The molecule has 1 heterocycles. The van der Waals surface area contributed by atoms with Crippen molar-refractivity contribution < 1.29 is 0 Å². The van der Waals surface area contributed by atoms with Gasteiger partial charge in [-0.2, -0.15) is 0 Å². The number of hydrogen-bond donors (Lipinski definition) is 2. The van der Waals surface area contributed by atoms with Crippen LogP contribution in [0.15, 0.2) is 18.2 Å². The van der Waals surface area contributed by atoms with Crippen LogP contribution in [0.3, 0.4) is 0 Å². The van der Waals surface area contributed by atoms with Gasteiger partial charge in [-0.1, -0.05) is 6.07 Å². The Morgan fingerprint density at radius 2 is 2.11 bits per heavy atom. The highest BCUT2D eigenvalue weighted by Gasteiger charge is 2.15. The molecule has 19 heavy (non-hydrogen) atoms. The third kappa shape index (κ3) is 3.14. The van der Waals surface area contributed by atoms with Gasteiger partial charge in [0, 0.05) is 19.1 Å². The molecule has 104 valence electrons. The maximum Gasteiger partial charge on any atom is 0.106 e. The van der Waals surface area contributed by atoms with E-state index in [2.05, 4.69) is 46.9 Å². The van der Waals surface area contributed by atoms with E-state index in [4.69, 9.17) is 5.73 Å². The van der Waals surface area contributed by atoms with Gasteiger partial charge in [0.1, 0.15) is 5.82 Å². The number of nitrogens with zero attached hydrogens (tertiary/aromatic N) is 2. The van der Waals surface area contributed by atoms with Crippen molar-refractivity contribution in [1.82, 2.24) is 14.9 Å². The van der Waals surface area contributed by atoms with E-state index in [1.165, 1.54) is 11.1 Å². The lowest BCUT2D eigenvalue weighted by molar-refractivity contribution is 0.365. The van der Waals surface area contributed by atoms with Crippen LogP contribution in [0, 0.1) is 6.92 Å². The molecule has 0 atom stereocenters. The second-order valence-electron chi connectivity index (χ2n) is 5.82. The van der Waals surface area contributed by atoms with Gasteiger partial charge in [-0.3, -0.25) is 0 Å². The number of imidazole rings is 1. The minimum absolute atomic E-state index is 0.0732. The van der Waals surface area contributed by atoms with Crippen molar-refractivity contribution in [2.45, 2.75) is 39.3 Å². The van der Waals surface area contributed by atoms with Gasteiger partial charge in [0.05, 0.1) is 11.0 Å². The van der Waals surface area contributed by atoms with E-state index in [9.17, 15) is 0 Å². The summed E-state index contributed by atoms with van der Waals surface area (Å²) in [7, 11) is 2.05. The zero-order chi connectivity index (χ0) is 14.0. The van der Waals surface area contributed by atoms with E-state index in [-0.39, 0.29) is 5.54 Å². The van der Waals surface area contributed by atoms with Crippen LogP contribution >= 0.6 is 0 Å². The Morgan fingerprint density at radius 1 is 1.37 bits per heavy atom. The van der Waals surface area contributed by atoms with Crippen LogP contribution in [0.5, 0.6) is 0 Å². The van der Waals surface area contributed by atoms with Crippen LogP contribution in [0.4, 0.5) is 0 Å². The van der Waals surface area contributed by atoms with Gasteiger partial charge in [0.25, 0.3) is 0 Å². The summed E-state index contributed by atoms with van der Waals surface area (Å²) in [5.74, 6) is 1.04. The van der Waals surface area contributed by atoms with Gasteiger partial charge < -0.3 is 15.6 Å². The molecular formula is C15H24N4. The van der Waals surface area contributed by atoms with Crippen molar-refractivity contribution in [2.75, 3.05) is 6.54 Å². The van der Waals surface area contributed by atoms with Gasteiger partial charge in [-0.05, 0) is 51.4 Å². The summed E-state index contributed by atoms with van der Waals surface area (Å²) in [6.45, 7) is 7.95. The summed E-state index contributed by atoms with van der Waals surface area (Å²) < 4.78 is 2.12. The SMILES string of the molecule is Cc1nc2cc(CNC(C)(C)CCN)ccc2n1C. The summed E-state index contributed by atoms with van der Waals surface area (Å²) in [5, 5.41) is 3.55. The minimum Gasteiger partial charge on any atom is -0.331 e. The molecule has 0 aliphatic heterocycles. The number of hydrogen-bond acceptors (Lipinski definition) is 3. The number of fused-ring (bicyclic) bond motifs is 1. The standard InChI is InChI=1S/C15H24N4/c1-11-18-13-9-12(5-6-14(13)19(11)4)10-17-15(2,3)7-8-16/h5-6,9,17H,7-8,10,16H2,1-4H3. The second kappa shape index (κ2) is 5.31. The highest BCUT2D eigenvalue weighted by Crippen LogP contribution is 2.17. The molecule has 0 aliphatic rings. The first-order valence-corrected chi connectivity index (χ1v) is 6.80. The van der Waals surface area contributed by atoms with Crippen molar-refractivity contribution in [3.8, 4) is 0 Å². The maximum absolute atomic E-state index is 5.62. The lowest BCUT2D eigenvalue weighted by Crippen LogP contribution is -2.40. The largest absolute Gasteiger partial charge is 0.331 e. The predicted molar refractivity (Wildman–Crippen MR) is 80.0 cm³/mol. The Labute approximate surface area is 115 Å². The zero-order valence-corrected chi connectivity index (χ0v) is 12.3. The van der Waals surface area contributed by atoms with E-state index < -0.39 is 0 Å². The quantitative estimate of drug-likeness (QED) is 0.865. The van der Waals surface area contributed by atoms with Crippen LogP contribution in [-0.4, -0.2) is 21.6 Å². The molecule has 0 spiro atoms.